The minimum Gasteiger partial charge on any atom is -0.360 e. The molecular weight excluding hydrogens is 346 g/mol. The maximum absolute atomic E-state index is 5.92. The Bertz CT molecular complexity index is 919. The van der Waals surface area contributed by atoms with E-state index in [0.29, 0.717) is 11.3 Å². The van der Waals surface area contributed by atoms with Crippen LogP contribution in [0.2, 0.25) is 0 Å². The van der Waals surface area contributed by atoms with Gasteiger partial charge in [-0.05, 0) is 75.1 Å². The predicted octanol–water partition coefficient (Wildman–Crippen LogP) is 5.37. The van der Waals surface area contributed by atoms with Crippen molar-refractivity contribution in [2.45, 2.75) is 57.8 Å². The third-order valence-corrected chi connectivity index (χ3v) is 6.81. The van der Waals surface area contributed by atoms with Crippen molar-refractivity contribution in [1.29, 1.82) is 0 Å². The first-order chi connectivity index (χ1) is 13.7. The van der Waals surface area contributed by atoms with E-state index < -0.39 is 0 Å². The molecule has 0 radical (unpaired) electrons. The van der Waals surface area contributed by atoms with Crippen LogP contribution in [0.15, 0.2) is 29.1 Å². The van der Waals surface area contributed by atoms with E-state index >= 15 is 0 Å². The first-order valence-corrected chi connectivity index (χ1v) is 10.7. The van der Waals surface area contributed by atoms with Crippen molar-refractivity contribution in [2.75, 3.05) is 13.1 Å². The zero-order valence-electron chi connectivity index (χ0n) is 16.8. The molecule has 1 aliphatic heterocycles. The van der Waals surface area contributed by atoms with Gasteiger partial charge in [-0.3, -0.25) is 4.98 Å². The minimum absolute atomic E-state index is 0.542. The summed E-state index contributed by atoms with van der Waals surface area (Å²) in [5, 5.41) is 8.07. The van der Waals surface area contributed by atoms with Crippen molar-refractivity contribution in [3.05, 3.63) is 47.0 Å². The van der Waals surface area contributed by atoms with Gasteiger partial charge in [0.25, 0.3) is 0 Å². The number of allylic oxidation sites excluding steroid dienone is 1. The Kier molecular flexibility index (Phi) is 4.47. The molecule has 2 saturated carbocycles. The second-order valence-electron chi connectivity index (χ2n) is 8.81. The van der Waals surface area contributed by atoms with Crippen LogP contribution in [-0.2, 0) is 6.42 Å². The van der Waals surface area contributed by atoms with Crippen LogP contribution in [0.3, 0.4) is 0 Å². The van der Waals surface area contributed by atoms with Crippen LogP contribution < -0.4 is 5.32 Å². The highest BCUT2D eigenvalue weighted by Crippen LogP contribution is 2.53. The molecule has 0 bridgehead atoms. The summed E-state index contributed by atoms with van der Waals surface area (Å²) < 4.78 is 5.92. The quantitative estimate of drug-likeness (QED) is 0.764. The topological polar surface area (TPSA) is 51.0 Å². The van der Waals surface area contributed by atoms with E-state index in [-0.39, 0.29) is 0 Å². The number of pyridine rings is 1. The van der Waals surface area contributed by atoms with Gasteiger partial charge in [-0.2, -0.15) is 0 Å². The van der Waals surface area contributed by atoms with E-state index in [2.05, 4.69) is 35.0 Å². The molecule has 2 aliphatic carbocycles. The standard InChI is InChI=1S/C24H29N3O/c1-3-17-14-26-15-18(4-2)21(17)22-20(23(28-27-22)19-5-6-19)11-16-12-24(13-16)7-9-25-10-8-24/h3,11,14-15,19,25H,1,4-10,12-13H2,2H3. The van der Waals surface area contributed by atoms with Gasteiger partial charge in [0.1, 0.15) is 11.5 Å². The fourth-order valence-electron chi connectivity index (χ4n) is 5.03. The predicted molar refractivity (Wildman–Crippen MR) is 113 cm³/mol. The van der Waals surface area contributed by atoms with Crippen LogP contribution in [0, 0.1) is 5.41 Å². The number of nitrogens with one attached hydrogen (secondary N) is 1. The molecule has 4 heteroatoms. The molecule has 1 spiro atoms. The van der Waals surface area contributed by atoms with Crippen LogP contribution >= 0.6 is 0 Å². The molecule has 2 aromatic heterocycles. The van der Waals surface area contributed by atoms with Gasteiger partial charge in [-0.25, -0.2) is 0 Å². The summed E-state index contributed by atoms with van der Waals surface area (Å²) >= 11 is 0. The average Bonchev–Trinajstić information content (AvgIpc) is 3.47. The summed E-state index contributed by atoms with van der Waals surface area (Å²) in [6.45, 7) is 8.50. The number of aryl methyl sites for hydroxylation is 1. The number of nitrogens with zero attached hydrogens (tertiary/aromatic N) is 2. The smallest absolute Gasteiger partial charge is 0.147 e. The van der Waals surface area contributed by atoms with E-state index in [9.17, 15) is 0 Å². The zero-order valence-corrected chi connectivity index (χ0v) is 16.8. The lowest BCUT2D eigenvalue weighted by Gasteiger charge is -2.47. The normalized spacial score (nSPS) is 20.8. The Morgan fingerprint density at radius 1 is 1.25 bits per heavy atom. The van der Waals surface area contributed by atoms with E-state index in [1.807, 2.05) is 18.5 Å². The summed E-state index contributed by atoms with van der Waals surface area (Å²) in [5.41, 5.74) is 7.69. The van der Waals surface area contributed by atoms with Gasteiger partial charge in [-0.15, -0.1) is 0 Å². The Labute approximate surface area is 167 Å². The third kappa shape index (κ3) is 3.04. The molecule has 5 rings (SSSR count). The van der Waals surface area contributed by atoms with Crippen molar-refractivity contribution in [3.63, 3.8) is 0 Å². The van der Waals surface area contributed by atoms with E-state index in [4.69, 9.17) is 4.52 Å². The summed E-state index contributed by atoms with van der Waals surface area (Å²) in [6, 6.07) is 0. The monoisotopic (exact) mass is 375 g/mol. The Balaban J connectivity index is 1.55. The fourth-order valence-corrected chi connectivity index (χ4v) is 5.03. The molecule has 2 aromatic rings. The van der Waals surface area contributed by atoms with Gasteiger partial charge >= 0.3 is 0 Å². The molecule has 146 valence electrons. The number of rotatable bonds is 5. The van der Waals surface area contributed by atoms with Crippen molar-refractivity contribution < 1.29 is 4.52 Å². The molecule has 0 amide bonds. The summed E-state index contributed by atoms with van der Waals surface area (Å²) in [5.74, 6) is 1.63. The van der Waals surface area contributed by atoms with Crippen LogP contribution in [0.25, 0.3) is 23.4 Å². The van der Waals surface area contributed by atoms with Gasteiger partial charge < -0.3 is 9.84 Å². The van der Waals surface area contributed by atoms with Crippen molar-refractivity contribution in [2.24, 2.45) is 5.41 Å². The highest BCUT2D eigenvalue weighted by Gasteiger charge is 2.41. The highest BCUT2D eigenvalue weighted by molar-refractivity contribution is 5.82. The molecule has 1 N–H and O–H groups in total. The largest absolute Gasteiger partial charge is 0.360 e. The van der Waals surface area contributed by atoms with Crippen molar-refractivity contribution in [3.8, 4) is 11.3 Å². The molecule has 3 heterocycles. The molecule has 4 nitrogen and oxygen atoms in total. The van der Waals surface area contributed by atoms with E-state index in [0.717, 1.165) is 29.0 Å². The van der Waals surface area contributed by atoms with E-state index in [1.54, 1.807) is 5.57 Å². The first-order valence-electron chi connectivity index (χ1n) is 10.7. The van der Waals surface area contributed by atoms with E-state index in [1.165, 1.54) is 62.7 Å². The van der Waals surface area contributed by atoms with Crippen LogP contribution in [0.4, 0.5) is 0 Å². The lowest BCUT2D eigenvalue weighted by molar-refractivity contribution is 0.143. The maximum atomic E-state index is 5.92. The van der Waals surface area contributed by atoms with Crippen molar-refractivity contribution >= 4 is 12.2 Å². The third-order valence-electron chi connectivity index (χ3n) is 6.81. The summed E-state index contributed by atoms with van der Waals surface area (Å²) in [4.78, 5) is 4.39. The minimum atomic E-state index is 0.542. The van der Waals surface area contributed by atoms with Gasteiger partial charge in [0, 0.05) is 35.0 Å². The molecule has 0 unspecified atom stereocenters. The lowest BCUT2D eigenvalue weighted by Crippen LogP contribution is -2.42. The second kappa shape index (κ2) is 7.00. The Morgan fingerprint density at radius 3 is 2.71 bits per heavy atom. The van der Waals surface area contributed by atoms with Crippen LogP contribution in [0.5, 0.6) is 0 Å². The number of piperidine rings is 1. The van der Waals surface area contributed by atoms with Crippen LogP contribution in [0.1, 0.15) is 73.8 Å². The Morgan fingerprint density at radius 2 is 2.04 bits per heavy atom. The summed E-state index contributed by atoms with van der Waals surface area (Å²) in [6.07, 6.45) is 16.6. The van der Waals surface area contributed by atoms with Gasteiger partial charge in [0.05, 0.1) is 0 Å². The SMILES string of the molecule is C=Cc1cncc(CC)c1-c1noc(C2CC2)c1C=C1CC2(CCNCC2)C1. The molecule has 1 saturated heterocycles. The Hall–Kier alpha value is -2.20. The van der Waals surface area contributed by atoms with Gasteiger partial charge in [0.2, 0.25) is 0 Å². The number of hydrogen-bond acceptors (Lipinski definition) is 4. The van der Waals surface area contributed by atoms with Gasteiger partial charge in [0.15, 0.2) is 0 Å². The average molecular weight is 376 g/mol. The second-order valence-corrected chi connectivity index (χ2v) is 8.81. The first kappa shape index (κ1) is 17.9. The fraction of sp³-hybridized carbons (Fsp3) is 0.500. The number of aromatic nitrogens is 2. The maximum Gasteiger partial charge on any atom is 0.147 e. The number of hydrogen-bond donors (Lipinski definition) is 1. The van der Waals surface area contributed by atoms with Gasteiger partial charge in [-0.1, -0.05) is 30.3 Å². The zero-order chi connectivity index (χ0) is 19.1. The molecule has 0 aromatic carbocycles. The lowest BCUT2D eigenvalue weighted by atomic mass is 9.60. The summed E-state index contributed by atoms with van der Waals surface area (Å²) in [7, 11) is 0. The molecule has 0 atom stereocenters. The van der Waals surface area contributed by atoms with Crippen molar-refractivity contribution in [1.82, 2.24) is 15.5 Å². The van der Waals surface area contributed by atoms with Crippen LogP contribution in [-0.4, -0.2) is 23.2 Å². The highest BCUT2D eigenvalue weighted by atomic mass is 16.5. The molecule has 28 heavy (non-hydrogen) atoms. The molecular formula is C24H29N3O. The molecule has 3 fully saturated rings. The molecule has 3 aliphatic rings.